The molecular formula is C27H55NO4P+. The summed E-state index contributed by atoms with van der Waals surface area (Å²) in [6.45, 7) is 2.29. The molecule has 3 N–H and O–H groups in total. The lowest BCUT2D eigenvalue weighted by atomic mass is 10.0. The number of unbranched alkanes of at least 4 members (excludes halogenated alkanes) is 13. The molecule has 0 aliphatic carbocycles. The first-order valence-electron chi connectivity index (χ1n) is 13.4. The molecule has 0 fully saturated rings. The summed E-state index contributed by atoms with van der Waals surface area (Å²) in [6.07, 6.45) is 28.3. The molecule has 0 saturated carbocycles. The Bertz CT molecular complexity index is 565. The molecule has 0 amide bonds. The van der Waals surface area contributed by atoms with Crippen LogP contribution in [0.15, 0.2) is 24.3 Å². The molecule has 0 bridgehead atoms. The molecule has 0 rings (SSSR count). The van der Waals surface area contributed by atoms with E-state index in [9.17, 15) is 19.5 Å². The highest BCUT2D eigenvalue weighted by molar-refractivity contribution is 7.53. The SMILES string of the molecule is CCCC/C=C\CCC/C=C\CCCCCCCCCCCC(O)(C[N+](C)(C)C)P(=O)(O)O. The first-order valence-corrected chi connectivity index (χ1v) is 15.0. The number of quaternary nitrogens is 1. The molecule has 1 unspecified atom stereocenters. The van der Waals surface area contributed by atoms with E-state index in [1.165, 1.54) is 77.0 Å². The van der Waals surface area contributed by atoms with Gasteiger partial charge in [0.1, 0.15) is 6.54 Å². The van der Waals surface area contributed by atoms with Crippen molar-refractivity contribution in [1.82, 2.24) is 0 Å². The molecule has 0 spiro atoms. The van der Waals surface area contributed by atoms with E-state index in [2.05, 4.69) is 31.2 Å². The van der Waals surface area contributed by atoms with Crippen molar-refractivity contribution in [1.29, 1.82) is 0 Å². The number of nitrogens with zero attached hydrogens (tertiary/aromatic N) is 1. The first-order chi connectivity index (χ1) is 15.5. The van der Waals surface area contributed by atoms with E-state index in [4.69, 9.17) is 0 Å². The fraction of sp³-hybridized carbons (Fsp3) is 0.852. The molecule has 0 aromatic heterocycles. The quantitative estimate of drug-likeness (QED) is 0.0645. The number of hydrogen-bond acceptors (Lipinski definition) is 2. The Labute approximate surface area is 205 Å². The van der Waals surface area contributed by atoms with Gasteiger partial charge < -0.3 is 19.4 Å². The van der Waals surface area contributed by atoms with Gasteiger partial charge in [0.05, 0.1) is 21.1 Å². The molecule has 6 heteroatoms. The predicted octanol–water partition coefficient (Wildman–Crippen LogP) is 7.32. The lowest BCUT2D eigenvalue weighted by Gasteiger charge is -2.35. The Balaban J connectivity index is 3.61. The third-order valence-electron chi connectivity index (χ3n) is 6.02. The van der Waals surface area contributed by atoms with Gasteiger partial charge in [-0.1, -0.05) is 89.0 Å². The van der Waals surface area contributed by atoms with Crippen LogP contribution in [0.5, 0.6) is 0 Å². The van der Waals surface area contributed by atoms with Crippen LogP contribution in [0.3, 0.4) is 0 Å². The molecule has 0 aliphatic heterocycles. The van der Waals surface area contributed by atoms with Crippen LogP contribution in [-0.2, 0) is 4.57 Å². The molecule has 0 radical (unpaired) electrons. The minimum Gasteiger partial charge on any atom is -0.373 e. The van der Waals surface area contributed by atoms with Crippen LogP contribution in [0.4, 0.5) is 0 Å². The minimum absolute atomic E-state index is 0.0585. The van der Waals surface area contributed by atoms with E-state index in [1.54, 1.807) is 0 Å². The van der Waals surface area contributed by atoms with E-state index < -0.39 is 12.9 Å². The lowest BCUT2D eigenvalue weighted by molar-refractivity contribution is -0.875. The smallest absolute Gasteiger partial charge is 0.362 e. The Kier molecular flexibility index (Phi) is 18.6. The summed E-state index contributed by atoms with van der Waals surface area (Å²) in [6, 6.07) is 0. The fourth-order valence-electron chi connectivity index (χ4n) is 4.13. The summed E-state index contributed by atoms with van der Waals surface area (Å²) in [5.41, 5.74) is 0. The number of likely N-dealkylation sites (N-methyl/N-ethyl adjacent to an activating group) is 1. The molecule has 33 heavy (non-hydrogen) atoms. The van der Waals surface area contributed by atoms with Crippen molar-refractivity contribution in [3.05, 3.63) is 24.3 Å². The Morgan fingerprint density at radius 1 is 0.667 bits per heavy atom. The number of rotatable bonds is 22. The van der Waals surface area contributed by atoms with Crippen molar-refractivity contribution < 1.29 is 23.9 Å². The van der Waals surface area contributed by atoms with Gasteiger partial charge >= 0.3 is 7.60 Å². The molecule has 0 aromatic rings. The zero-order chi connectivity index (χ0) is 25.1. The van der Waals surface area contributed by atoms with Gasteiger partial charge in [-0.2, -0.15) is 0 Å². The van der Waals surface area contributed by atoms with Crippen molar-refractivity contribution in [2.24, 2.45) is 0 Å². The van der Waals surface area contributed by atoms with Gasteiger partial charge in [0, 0.05) is 0 Å². The summed E-state index contributed by atoms with van der Waals surface area (Å²) in [7, 11) is 0.971. The third kappa shape index (κ3) is 19.5. The van der Waals surface area contributed by atoms with E-state index >= 15 is 0 Å². The minimum atomic E-state index is -4.55. The van der Waals surface area contributed by atoms with Crippen LogP contribution in [-0.4, -0.2) is 52.4 Å². The largest absolute Gasteiger partial charge is 0.373 e. The number of hydrogen-bond donors (Lipinski definition) is 3. The molecule has 0 aromatic carbocycles. The second-order valence-corrected chi connectivity index (χ2v) is 12.6. The average Bonchev–Trinajstić information content (AvgIpc) is 2.70. The summed E-state index contributed by atoms with van der Waals surface area (Å²) in [4.78, 5) is 19.2. The summed E-state index contributed by atoms with van der Waals surface area (Å²) < 4.78 is 12.1. The van der Waals surface area contributed by atoms with E-state index in [0.717, 1.165) is 19.3 Å². The van der Waals surface area contributed by atoms with Gasteiger partial charge in [0.15, 0.2) is 0 Å². The van der Waals surface area contributed by atoms with Gasteiger partial charge in [-0.3, -0.25) is 4.57 Å². The monoisotopic (exact) mass is 488 g/mol. The molecule has 0 aliphatic rings. The topological polar surface area (TPSA) is 77.8 Å². The van der Waals surface area contributed by atoms with Gasteiger partial charge in [0.2, 0.25) is 5.34 Å². The Morgan fingerprint density at radius 2 is 1.06 bits per heavy atom. The van der Waals surface area contributed by atoms with E-state index in [0.29, 0.717) is 10.9 Å². The van der Waals surface area contributed by atoms with Crippen molar-refractivity contribution in [2.45, 2.75) is 121 Å². The summed E-state index contributed by atoms with van der Waals surface area (Å²) in [5.74, 6) is 0. The molecule has 0 heterocycles. The predicted molar refractivity (Wildman–Crippen MR) is 142 cm³/mol. The maximum atomic E-state index is 11.8. The van der Waals surface area contributed by atoms with Crippen LogP contribution >= 0.6 is 7.60 Å². The molecule has 196 valence electrons. The maximum absolute atomic E-state index is 11.8. The van der Waals surface area contributed by atoms with Crippen LogP contribution in [0.1, 0.15) is 116 Å². The van der Waals surface area contributed by atoms with E-state index in [-0.39, 0.29) is 13.0 Å². The van der Waals surface area contributed by atoms with Crippen LogP contribution in [0, 0.1) is 0 Å². The maximum Gasteiger partial charge on any atom is 0.362 e. The van der Waals surface area contributed by atoms with Crippen LogP contribution in [0.2, 0.25) is 0 Å². The third-order valence-corrected chi connectivity index (χ3v) is 7.47. The highest BCUT2D eigenvalue weighted by Crippen LogP contribution is 2.52. The van der Waals surface area contributed by atoms with Gasteiger partial charge in [0.25, 0.3) is 0 Å². The highest BCUT2D eigenvalue weighted by atomic mass is 31.2. The number of aliphatic hydroxyl groups is 1. The van der Waals surface area contributed by atoms with Crippen molar-refractivity contribution in [3.63, 3.8) is 0 Å². The molecule has 5 nitrogen and oxygen atoms in total. The molecule has 1 atom stereocenters. The normalized spacial score (nSPS) is 15.0. The van der Waals surface area contributed by atoms with Crippen LogP contribution in [0.25, 0.3) is 0 Å². The Morgan fingerprint density at radius 3 is 1.48 bits per heavy atom. The molecular weight excluding hydrogens is 433 g/mol. The number of allylic oxidation sites excluding steroid dienone is 4. The zero-order valence-electron chi connectivity index (χ0n) is 22.2. The van der Waals surface area contributed by atoms with Crippen molar-refractivity contribution in [2.75, 3.05) is 27.7 Å². The highest BCUT2D eigenvalue weighted by Gasteiger charge is 2.48. The van der Waals surface area contributed by atoms with Crippen molar-refractivity contribution in [3.8, 4) is 0 Å². The summed E-state index contributed by atoms with van der Waals surface area (Å²) >= 11 is 0. The average molecular weight is 489 g/mol. The van der Waals surface area contributed by atoms with Crippen molar-refractivity contribution >= 4 is 7.60 Å². The standard InChI is InChI=1S/C27H54NO4P/c1-5-6-7-8-9-10-11-12-13-14-15-16-17-18-19-20-21-22-23-24-25-27(29,33(30,31)32)26-28(2,3)4/h8-9,13-14,29H,5-7,10-12,15-26H2,1-4H3,(H-,30,31,32)/p+1/b9-8-,14-13-. The van der Waals surface area contributed by atoms with Gasteiger partial charge in [-0.25, -0.2) is 0 Å². The van der Waals surface area contributed by atoms with Gasteiger partial charge in [-0.15, -0.1) is 0 Å². The summed E-state index contributed by atoms with van der Waals surface area (Å²) in [5, 5.41) is 8.64. The second-order valence-electron chi connectivity index (χ2n) is 10.7. The lowest BCUT2D eigenvalue weighted by Crippen LogP contribution is -2.49. The van der Waals surface area contributed by atoms with E-state index in [1.807, 2.05) is 21.1 Å². The zero-order valence-corrected chi connectivity index (χ0v) is 23.1. The van der Waals surface area contributed by atoms with Crippen LogP contribution < -0.4 is 0 Å². The first kappa shape index (κ1) is 32.5. The Hall–Kier alpha value is -0.450. The van der Waals surface area contributed by atoms with Gasteiger partial charge in [-0.05, 0) is 51.4 Å². The fourth-order valence-corrected chi connectivity index (χ4v) is 5.19. The second kappa shape index (κ2) is 18.8. The molecule has 0 saturated heterocycles.